The minimum atomic E-state index is 0.825. The third kappa shape index (κ3) is 2.58. The first kappa shape index (κ1) is 10.7. The van der Waals surface area contributed by atoms with Crippen LogP contribution in [-0.2, 0) is 12.8 Å². The third-order valence-corrected chi connectivity index (χ3v) is 3.76. The molecular formula is C12H12ClNS. The second-order valence-electron chi connectivity index (χ2n) is 3.34. The lowest BCUT2D eigenvalue weighted by Crippen LogP contribution is -1.87. The summed E-state index contributed by atoms with van der Waals surface area (Å²) < 4.78 is 0. The Morgan fingerprint density at radius 2 is 2.13 bits per heavy atom. The average molecular weight is 238 g/mol. The highest BCUT2D eigenvalue weighted by Crippen LogP contribution is 2.21. The largest absolute Gasteiger partial charge is 0.249 e. The maximum absolute atomic E-state index is 6.09. The number of thiazole rings is 1. The number of aryl methyl sites for hydroxylation is 1. The molecule has 0 spiro atoms. The molecule has 0 radical (unpaired) electrons. The van der Waals surface area contributed by atoms with E-state index in [0.717, 1.165) is 28.4 Å². The van der Waals surface area contributed by atoms with Gasteiger partial charge in [-0.25, -0.2) is 4.98 Å². The van der Waals surface area contributed by atoms with Gasteiger partial charge in [0, 0.05) is 22.5 Å². The van der Waals surface area contributed by atoms with Crippen LogP contribution in [0.1, 0.15) is 22.4 Å². The minimum absolute atomic E-state index is 0.825. The van der Waals surface area contributed by atoms with Gasteiger partial charge in [-0.05, 0) is 18.1 Å². The molecule has 1 heterocycles. The van der Waals surface area contributed by atoms with Crippen LogP contribution in [0.2, 0.25) is 5.02 Å². The number of rotatable bonds is 3. The molecule has 2 rings (SSSR count). The Bertz CT molecular complexity index is 450. The van der Waals surface area contributed by atoms with Crippen molar-refractivity contribution in [3.05, 3.63) is 50.9 Å². The second kappa shape index (κ2) is 4.77. The summed E-state index contributed by atoms with van der Waals surface area (Å²) >= 11 is 7.86. The van der Waals surface area contributed by atoms with Crippen LogP contribution in [0.15, 0.2) is 30.5 Å². The van der Waals surface area contributed by atoms with Crippen molar-refractivity contribution in [2.24, 2.45) is 0 Å². The highest BCUT2D eigenvalue weighted by atomic mass is 35.5. The van der Waals surface area contributed by atoms with Crippen molar-refractivity contribution < 1.29 is 0 Å². The topological polar surface area (TPSA) is 12.9 Å². The van der Waals surface area contributed by atoms with Gasteiger partial charge >= 0.3 is 0 Å². The Morgan fingerprint density at radius 1 is 1.33 bits per heavy atom. The number of benzene rings is 1. The number of hydrogen-bond donors (Lipinski definition) is 0. The van der Waals surface area contributed by atoms with Gasteiger partial charge in [-0.2, -0.15) is 0 Å². The van der Waals surface area contributed by atoms with Crippen molar-refractivity contribution in [3.8, 4) is 0 Å². The number of aromatic nitrogens is 1. The minimum Gasteiger partial charge on any atom is -0.249 e. The molecule has 0 aliphatic carbocycles. The average Bonchev–Trinajstić information content (AvgIpc) is 2.69. The summed E-state index contributed by atoms with van der Waals surface area (Å²) in [5.41, 5.74) is 1.15. The highest BCUT2D eigenvalue weighted by Gasteiger charge is 2.04. The van der Waals surface area contributed by atoms with Gasteiger partial charge in [-0.15, -0.1) is 11.3 Å². The SMILES string of the molecule is CCc1cnc(Cc2ccccc2Cl)s1. The van der Waals surface area contributed by atoms with Crippen LogP contribution in [0.4, 0.5) is 0 Å². The van der Waals surface area contributed by atoms with Crippen LogP contribution in [0, 0.1) is 0 Å². The summed E-state index contributed by atoms with van der Waals surface area (Å²) in [6, 6.07) is 7.93. The smallest absolute Gasteiger partial charge is 0.0972 e. The van der Waals surface area contributed by atoms with Gasteiger partial charge < -0.3 is 0 Å². The lowest BCUT2D eigenvalue weighted by molar-refractivity contribution is 1.12. The fraction of sp³-hybridized carbons (Fsp3) is 0.250. The number of hydrogen-bond acceptors (Lipinski definition) is 2. The zero-order valence-electron chi connectivity index (χ0n) is 8.53. The molecule has 0 aliphatic heterocycles. The summed E-state index contributed by atoms with van der Waals surface area (Å²) in [6.07, 6.45) is 3.85. The van der Waals surface area contributed by atoms with Crippen LogP contribution in [0.25, 0.3) is 0 Å². The predicted molar refractivity (Wildman–Crippen MR) is 65.8 cm³/mol. The van der Waals surface area contributed by atoms with Crippen LogP contribution in [0.3, 0.4) is 0 Å². The molecule has 0 aliphatic rings. The van der Waals surface area contributed by atoms with E-state index in [1.54, 1.807) is 11.3 Å². The summed E-state index contributed by atoms with van der Waals surface area (Å²) in [6.45, 7) is 2.15. The lowest BCUT2D eigenvalue weighted by Gasteiger charge is -2.00. The first-order chi connectivity index (χ1) is 7.29. The van der Waals surface area contributed by atoms with E-state index in [0.29, 0.717) is 0 Å². The number of nitrogens with zero attached hydrogens (tertiary/aromatic N) is 1. The summed E-state index contributed by atoms with van der Waals surface area (Å²) in [5.74, 6) is 0. The molecule has 0 bridgehead atoms. The van der Waals surface area contributed by atoms with Gasteiger partial charge in [-0.1, -0.05) is 36.7 Å². The van der Waals surface area contributed by atoms with Gasteiger partial charge in [0.1, 0.15) is 0 Å². The Balaban J connectivity index is 2.18. The molecule has 78 valence electrons. The fourth-order valence-corrected chi connectivity index (χ4v) is 2.49. The van der Waals surface area contributed by atoms with Crippen molar-refractivity contribution in [3.63, 3.8) is 0 Å². The van der Waals surface area contributed by atoms with Crippen molar-refractivity contribution in [1.82, 2.24) is 4.98 Å². The summed E-state index contributed by atoms with van der Waals surface area (Å²) in [5, 5.41) is 1.96. The molecule has 0 atom stereocenters. The quantitative estimate of drug-likeness (QED) is 0.788. The molecule has 3 heteroatoms. The molecular weight excluding hydrogens is 226 g/mol. The normalized spacial score (nSPS) is 10.5. The molecule has 0 saturated heterocycles. The van der Waals surface area contributed by atoms with Crippen molar-refractivity contribution in [2.75, 3.05) is 0 Å². The van der Waals surface area contributed by atoms with Gasteiger partial charge in [0.15, 0.2) is 0 Å². The van der Waals surface area contributed by atoms with E-state index in [-0.39, 0.29) is 0 Å². The summed E-state index contributed by atoms with van der Waals surface area (Å²) in [7, 11) is 0. The number of halogens is 1. The first-order valence-corrected chi connectivity index (χ1v) is 6.16. The first-order valence-electron chi connectivity index (χ1n) is 4.96. The molecule has 0 N–H and O–H groups in total. The Labute approximate surface area is 98.7 Å². The van der Waals surface area contributed by atoms with E-state index < -0.39 is 0 Å². The zero-order chi connectivity index (χ0) is 10.7. The van der Waals surface area contributed by atoms with Crippen molar-refractivity contribution in [2.45, 2.75) is 19.8 Å². The zero-order valence-corrected chi connectivity index (χ0v) is 10.1. The van der Waals surface area contributed by atoms with E-state index in [4.69, 9.17) is 11.6 Å². The second-order valence-corrected chi connectivity index (χ2v) is 4.95. The van der Waals surface area contributed by atoms with Crippen molar-refractivity contribution in [1.29, 1.82) is 0 Å². The molecule has 1 nitrogen and oxygen atoms in total. The molecule has 1 aromatic heterocycles. The third-order valence-electron chi connectivity index (χ3n) is 2.25. The monoisotopic (exact) mass is 237 g/mol. The summed E-state index contributed by atoms with van der Waals surface area (Å²) in [4.78, 5) is 5.71. The molecule has 15 heavy (non-hydrogen) atoms. The Morgan fingerprint density at radius 3 is 2.80 bits per heavy atom. The van der Waals surface area contributed by atoms with E-state index in [1.807, 2.05) is 24.4 Å². The standard InChI is InChI=1S/C12H12ClNS/c1-2-10-8-14-12(15-10)7-9-5-3-4-6-11(9)13/h3-6,8H,2,7H2,1H3. The molecule has 0 unspecified atom stereocenters. The molecule has 0 amide bonds. The van der Waals surface area contributed by atoms with Crippen LogP contribution >= 0.6 is 22.9 Å². The van der Waals surface area contributed by atoms with Crippen molar-refractivity contribution >= 4 is 22.9 Å². The van der Waals surface area contributed by atoms with Gasteiger partial charge in [0.25, 0.3) is 0 Å². The van der Waals surface area contributed by atoms with E-state index in [2.05, 4.69) is 18.0 Å². The molecule has 1 aromatic carbocycles. The highest BCUT2D eigenvalue weighted by molar-refractivity contribution is 7.11. The maximum Gasteiger partial charge on any atom is 0.0972 e. The Hall–Kier alpha value is -0.860. The van der Waals surface area contributed by atoms with Crippen LogP contribution in [-0.4, -0.2) is 4.98 Å². The molecule has 2 aromatic rings. The molecule has 0 saturated carbocycles. The van der Waals surface area contributed by atoms with E-state index in [1.165, 1.54) is 4.88 Å². The fourth-order valence-electron chi connectivity index (χ4n) is 1.40. The lowest BCUT2D eigenvalue weighted by atomic mass is 10.2. The van der Waals surface area contributed by atoms with E-state index >= 15 is 0 Å². The molecule has 0 fully saturated rings. The van der Waals surface area contributed by atoms with Crippen LogP contribution in [0.5, 0.6) is 0 Å². The van der Waals surface area contributed by atoms with Gasteiger partial charge in [-0.3, -0.25) is 0 Å². The van der Waals surface area contributed by atoms with Gasteiger partial charge in [0.05, 0.1) is 5.01 Å². The van der Waals surface area contributed by atoms with Crippen LogP contribution < -0.4 is 0 Å². The Kier molecular flexibility index (Phi) is 3.39. The van der Waals surface area contributed by atoms with Gasteiger partial charge in [0.2, 0.25) is 0 Å². The predicted octanol–water partition coefficient (Wildman–Crippen LogP) is 3.95. The van der Waals surface area contributed by atoms with E-state index in [9.17, 15) is 0 Å². The maximum atomic E-state index is 6.09.